The maximum atomic E-state index is 11.7. The lowest BCUT2D eigenvalue weighted by Gasteiger charge is -2.05. The molecule has 1 aromatic heterocycles. The van der Waals surface area contributed by atoms with E-state index in [2.05, 4.69) is 5.32 Å². The van der Waals surface area contributed by atoms with Crippen molar-refractivity contribution in [1.82, 2.24) is 5.32 Å². The predicted octanol–water partition coefficient (Wildman–Crippen LogP) is 3.74. The number of thioether (sulfide) groups is 1. The van der Waals surface area contributed by atoms with Crippen LogP contribution in [0.15, 0.2) is 11.4 Å². The molecule has 0 radical (unpaired) electrons. The Morgan fingerprint density at radius 1 is 1.47 bits per heavy atom. The normalized spacial score (nSPS) is 12.0. The second-order valence-electron chi connectivity index (χ2n) is 2.70. The molecule has 0 saturated heterocycles. The molecule has 0 aliphatic heterocycles. The summed E-state index contributed by atoms with van der Waals surface area (Å²) in [7, 11) is 0. The molecule has 0 aliphatic carbocycles. The monoisotopic (exact) mass is 275 g/mol. The van der Waals surface area contributed by atoms with Gasteiger partial charge < -0.3 is 5.32 Å². The Morgan fingerprint density at radius 3 is 2.73 bits per heavy atom. The Balaban J connectivity index is 2.07. The maximum absolute atomic E-state index is 11.7. The van der Waals surface area contributed by atoms with E-state index in [9.17, 15) is 13.2 Å². The first-order chi connectivity index (χ1) is 6.97. The second-order valence-corrected chi connectivity index (χ2v) is 5.29. The van der Waals surface area contributed by atoms with E-state index in [4.69, 9.17) is 11.6 Å². The number of hydrogen-bond acceptors (Lipinski definition) is 3. The van der Waals surface area contributed by atoms with Crippen LogP contribution in [0.2, 0.25) is 5.02 Å². The quantitative estimate of drug-likeness (QED) is 0.822. The first-order valence-electron chi connectivity index (χ1n) is 4.12. The number of halogens is 4. The Hall–Kier alpha value is 0.0900. The molecule has 0 saturated carbocycles. The van der Waals surface area contributed by atoms with E-state index in [-0.39, 0.29) is 17.5 Å². The van der Waals surface area contributed by atoms with Gasteiger partial charge in [0.15, 0.2) is 0 Å². The van der Waals surface area contributed by atoms with Gasteiger partial charge in [0, 0.05) is 29.1 Å². The molecular formula is C8H9ClF3NS2. The van der Waals surface area contributed by atoms with Crippen LogP contribution in [0.4, 0.5) is 13.2 Å². The summed E-state index contributed by atoms with van der Waals surface area (Å²) in [6, 6.07) is 1.80. The van der Waals surface area contributed by atoms with Crippen molar-refractivity contribution in [3.63, 3.8) is 0 Å². The average molecular weight is 276 g/mol. The fourth-order valence-corrected chi connectivity index (χ4v) is 2.42. The Morgan fingerprint density at radius 2 is 2.20 bits per heavy atom. The van der Waals surface area contributed by atoms with Gasteiger partial charge in [-0.3, -0.25) is 0 Å². The van der Waals surface area contributed by atoms with E-state index >= 15 is 0 Å². The number of alkyl halides is 3. The van der Waals surface area contributed by atoms with Crippen molar-refractivity contribution >= 4 is 34.7 Å². The molecule has 0 atom stereocenters. The Kier molecular flexibility index (Phi) is 5.25. The van der Waals surface area contributed by atoms with Crippen molar-refractivity contribution in [2.24, 2.45) is 0 Å². The van der Waals surface area contributed by atoms with Gasteiger partial charge in [0.2, 0.25) is 0 Å². The highest BCUT2D eigenvalue weighted by atomic mass is 35.5. The highest BCUT2D eigenvalue weighted by Crippen LogP contribution is 2.29. The van der Waals surface area contributed by atoms with Crippen LogP contribution in [-0.4, -0.2) is 17.8 Å². The third-order valence-corrected chi connectivity index (χ3v) is 3.49. The summed E-state index contributed by atoms with van der Waals surface area (Å²) >= 11 is 7.17. The number of thiophene rings is 1. The maximum Gasteiger partial charge on any atom is 0.441 e. The van der Waals surface area contributed by atoms with Gasteiger partial charge in [0.1, 0.15) is 0 Å². The van der Waals surface area contributed by atoms with Crippen LogP contribution < -0.4 is 5.32 Å². The van der Waals surface area contributed by atoms with Crippen molar-refractivity contribution < 1.29 is 13.2 Å². The SMILES string of the molecule is FC(F)(F)SCCNCc1cc(Cl)cs1. The molecule has 1 heterocycles. The number of hydrogen-bond donors (Lipinski definition) is 1. The lowest BCUT2D eigenvalue weighted by atomic mass is 10.4. The van der Waals surface area contributed by atoms with E-state index < -0.39 is 5.51 Å². The number of rotatable bonds is 5. The van der Waals surface area contributed by atoms with Crippen molar-refractivity contribution in [2.45, 2.75) is 12.1 Å². The molecule has 0 fully saturated rings. The molecule has 1 aromatic rings. The van der Waals surface area contributed by atoms with Crippen LogP contribution in [0.1, 0.15) is 4.88 Å². The van der Waals surface area contributed by atoms with Gasteiger partial charge in [-0.15, -0.1) is 11.3 Å². The van der Waals surface area contributed by atoms with Crippen LogP contribution in [0.5, 0.6) is 0 Å². The summed E-state index contributed by atoms with van der Waals surface area (Å²) in [6.07, 6.45) is 0. The topological polar surface area (TPSA) is 12.0 Å². The smallest absolute Gasteiger partial charge is 0.311 e. The first kappa shape index (κ1) is 13.2. The van der Waals surface area contributed by atoms with Crippen LogP contribution in [-0.2, 0) is 6.54 Å². The zero-order valence-electron chi connectivity index (χ0n) is 7.60. The predicted molar refractivity (Wildman–Crippen MR) is 59.5 cm³/mol. The van der Waals surface area contributed by atoms with Crippen LogP contribution in [0, 0.1) is 0 Å². The van der Waals surface area contributed by atoms with Gasteiger partial charge in [-0.25, -0.2) is 0 Å². The molecule has 7 heteroatoms. The third kappa shape index (κ3) is 6.29. The summed E-state index contributed by atoms with van der Waals surface area (Å²) in [6.45, 7) is 0.898. The minimum Gasteiger partial charge on any atom is -0.311 e. The van der Waals surface area contributed by atoms with E-state index in [0.29, 0.717) is 18.1 Å². The molecule has 86 valence electrons. The summed E-state index contributed by atoms with van der Waals surface area (Å²) in [5.74, 6) is 0.0304. The van der Waals surface area contributed by atoms with Gasteiger partial charge >= 0.3 is 5.51 Å². The van der Waals surface area contributed by atoms with E-state index in [0.717, 1.165) is 4.88 Å². The van der Waals surface area contributed by atoms with E-state index in [1.807, 2.05) is 0 Å². The summed E-state index contributed by atoms with van der Waals surface area (Å²) in [4.78, 5) is 1.03. The first-order valence-corrected chi connectivity index (χ1v) is 6.36. The Labute approximate surface area is 99.0 Å². The molecule has 1 N–H and O–H groups in total. The van der Waals surface area contributed by atoms with E-state index in [1.54, 1.807) is 11.4 Å². The standard InChI is InChI=1S/C8H9ClF3NS2/c9-6-3-7(14-5-6)4-13-1-2-15-8(10,11)12/h3,5,13H,1-2,4H2. The molecule has 0 aromatic carbocycles. The van der Waals surface area contributed by atoms with E-state index in [1.165, 1.54) is 11.3 Å². The largest absolute Gasteiger partial charge is 0.441 e. The minimum absolute atomic E-state index is 0.0112. The zero-order chi connectivity index (χ0) is 11.3. The average Bonchev–Trinajstić information content (AvgIpc) is 2.49. The molecule has 0 unspecified atom stereocenters. The van der Waals surface area contributed by atoms with Crippen LogP contribution in [0.25, 0.3) is 0 Å². The Bertz CT molecular complexity index is 300. The third-order valence-electron chi connectivity index (χ3n) is 1.47. The molecule has 0 spiro atoms. The molecule has 0 amide bonds. The van der Waals surface area contributed by atoms with Crippen molar-refractivity contribution in [3.05, 3.63) is 21.3 Å². The van der Waals surface area contributed by atoms with Crippen molar-refractivity contribution in [2.75, 3.05) is 12.3 Å². The zero-order valence-corrected chi connectivity index (χ0v) is 9.99. The highest BCUT2D eigenvalue weighted by molar-refractivity contribution is 8.00. The van der Waals surface area contributed by atoms with Gasteiger partial charge in [-0.05, 0) is 17.8 Å². The van der Waals surface area contributed by atoms with Crippen molar-refractivity contribution in [1.29, 1.82) is 0 Å². The molecular weight excluding hydrogens is 267 g/mol. The summed E-state index contributed by atoms with van der Waals surface area (Å²) in [5.41, 5.74) is -4.13. The van der Waals surface area contributed by atoms with Gasteiger partial charge in [0.25, 0.3) is 0 Å². The number of nitrogens with one attached hydrogen (secondary N) is 1. The summed E-state index contributed by atoms with van der Waals surface area (Å²) < 4.78 is 35.2. The lowest BCUT2D eigenvalue weighted by Crippen LogP contribution is -2.17. The second kappa shape index (κ2) is 5.98. The molecule has 0 bridgehead atoms. The molecule has 15 heavy (non-hydrogen) atoms. The van der Waals surface area contributed by atoms with Crippen LogP contribution in [0.3, 0.4) is 0 Å². The fraction of sp³-hybridized carbons (Fsp3) is 0.500. The molecule has 0 aliphatic rings. The highest BCUT2D eigenvalue weighted by Gasteiger charge is 2.27. The van der Waals surface area contributed by atoms with Gasteiger partial charge in [0.05, 0.1) is 5.02 Å². The lowest BCUT2D eigenvalue weighted by molar-refractivity contribution is -0.0327. The minimum atomic E-state index is -4.13. The molecule has 1 nitrogen and oxygen atoms in total. The summed E-state index contributed by atoms with van der Waals surface area (Å²) in [5, 5.41) is 5.38. The van der Waals surface area contributed by atoms with Crippen LogP contribution >= 0.6 is 34.7 Å². The van der Waals surface area contributed by atoms with Crippen molar-refractivity contribution in [3.8, 4) is 0 Å². The van der Waals surface area contributed by atoms with Gasteiger partial charge in [-0.2, -0.15) is 13.2 Å². The van der Waals surface area contributed by atoms with Gasteiger partial charge in [-0.1, -0.05) is 11.6 Å². The fourth-order valence-electron chi connectivity index (χ4n) is 0.897. The molecule has 1 rings (SSSR count).